The molecule has 0 unspecified atom stereocenters. The molecule has 1 rings (SSSR count). The topological polar surface area (TPSA) is 57.4 Å². The van der Waals surface area contributed by atoms with Crippen molar-refractivity contribution in [2.45, 2.75) is 6.36 Å². The first-order valence-electron chi connectivity index (χ1n) is 3.47. The number of rotatable bonds is 2. The van der Waals surface area contributed by atoms with E-state index in [-0.39, 0.29) is 11.6 Å². The molecule has 7 heteroatoms. The number of methoxy groups -OCH3 is 1. The minimum atomic E-state index is -4.75. The number of alkyl halides is 3. The second kappa shape index (κ2) is 3.60. The number of pyridine rings is 1. The number of halogens is 3. The van der Waals surface area contributed by atoms with Crippen LogP contribution in [0.3, 0.4) is 0 Å². The molecule has 78 valence electrons. The van der Waals surface area contributed by atoms with Crippen LogP contribution in [0, 0.1) is 0 Å². The Morgan fingerprint density at radius 2 is 2.07 bits per heavy atom. The zero-order valence-electron chi connectivity index (χ0n) is 7.13. The van der Waals surface area contributed by atoms with Crippen molar-refractivity contribution in [3.8, 4) is 11.5 Å². The average Bonchev–Trinajstić information content (AvgIpc) is 2.06. The molecule has 0 radical (unpaired) electrons. The Hall–Kier alpha value is -1.66. The number of anilines is 1. The molecule has 0 aromatic carbocycles. The van der Waals surface area contributed by atoms with Gasteiger partial charge in [-0.15, -0.1) is 13.2 Å². The summed E-state index contributed by atoms with van der Waals surface area (Å²) < 4.78 is 43.5. The number of ether oxygens (including phenoxy) is 2. The molecule has 0 fully saturated rings. The zero-order chi connectivity index (χ0) is 10.8. The lowest BCUT2D eigenvalue weighted by atomic mass is 10.4. The van der Waals surface area contributed by atoms with Crippen LogP contribution in [0.25, 0.3) is 0 Å². The van der Waals surface area contributed by atoms with Crippen molar-refractivity contribution in [1.82, 2.24) is 4.98 Å². The van der Waals surface area contributed by atoms with Gasteiger partial charge in [-0.1, -0.05) is 0 Å². The summed E-state index contributed by atoms with van der Waals surface area (Å²) in [5, 5.41) is 0. The van der Waals surface area contributed by atoms with E-state index in [0.717, 1.165) is 12.3 Å². The highest BCUT2D eigenvalue weighted by atomic mass is 19.4. The van der Waals surface area contributed by atoms with Crippen molar-refractivity contribution in [3.05, 3.63) is 12.3 Å². The summed E-state index contributed by atoms with van der Waals surface area (Å²) in [6.07, 6.45) is -3.88. The Labute approximate surface area is 77.4 Å². The van der Waals surface area contributed by atoms with Gasteiger partial charge in [-0.25, -0.2) is 4.98 Å². The molecule has 14 heavy (non-hydrogen) atoms. The van der Waals surface area contributed by atoms with Crippen LogP contribution in [0.1, 0.15) is 0 Å². The number of nitrogen functional groups attached to an aromatic ring is 1. The van der Waals surface area contributed by atoms with Crippen molar-refractivity contribution in [3.63, 3.8) is 0 Å². The summed E-state index contributed by atoms with van der Waals surface area (Å²) in [6, 6.07) is 1.01. The molecule has 1 aromatic heterocycles. The molecule has 0 aliphatic carbocycles. The average molecular weight is 208 g/mol. The number of hydrogen-bond donors (Lipinski definition) is 1. The number of hydrogen-bond acceptors (Lipinski definition) is 4. The van der Waals surface area contributed by atoms with Crippen molar-refractivity contribution in [2.75, 3.05) is 12.8 Å². The summed E-state index contributed by atoms with van der Waals surface area (Å²) in [5.41, 5.74) is 5.29. The molecule has 0 saturated heterocycles. The maximum absolute atomic E-state index is 11.8. The molecule has 0 amide bonds. The molecule has 0 bridgehead atoms. The number of nitrogens with zero attached hydrogens (tertiary/aromatic N) is 1. The van der Waals surface area contributed by atoms with Crippen LogP contribution in [-0.4, -0.2) is 18.5 Å². The van der Waals surface area contributed by atoms with E-state index in [4.69, 9.17) is 5.73 Å². The Kier molecular flexibility index (Phi) is 2.68. The second-order valence-corrected chi connectivity index (χ2v) is 2.31. The minimum absolute atomic E-state index is 0.00187. The standard InChI is InChI=1S/C7H7F3N2O2/c1-13-5-2-4(3-12-6(5)11)14-7(8,9)10/h2-3H,1H3,(H2,11,12). The van der Waals surface area contributed by atoms with Crippen LogP contribution >= 0.6 is 0 Å². The first-order chi connectivity index (χ1) is 6.42. The summed E-state index contributed by atoms with van der Waals surface area (Å²) >= 11 is 0. The molecular weight excluding hydrogens is 201 g/mol. The van der Waals surface area contributed by atoms with Gasteiger partial charge in [-0.05, 0) is 0 Å². The van der Waals surface area contributed by atoms with Crippen LogP contribution < -0.4 is 15.2 Å². The Balaban J connectivity index is 2.90. The maximum Gasteiger partial charge on any atom is 0.573 e. The first kappa shape index (κ1) is 10.4. The van der Waals surface area contributed by atoms with E-state index in [1.807, 2.05) is 0 Å². The maximum atomic E-state index is 11.8. The fraction of sp³-hybridized carbons (Fsp3) is 0.286. The van der Waals surface area contributed by atoms with Crippen LogP contribution in [0.4, 0.5) is 19.0 Å². The van der Waals surface area contributed by atoms with Gasteiger partial charge in [0.1, 0.15) is 0 Å². The van der Waals surface area contributed by atoms with Crippen LogP contribution in [0.2, 0.25) is 0 Å². The zero-order valence-corrected chi connectivity index (χ0v) is 7.13. The number of aromatic nitrogens is 1. The van der Waals surface area contributed by atoms with E-state index < -0.39 is 12.1 Å². The summed E-state index contributed by atoms with van der Waals surface area (Å²) in [5.74, 6) is -0.433. The van der Waals surface area contributed by atoms with Gasteiger partial charge in [0.25, 0.3) is 0 Å². The highest BCUT2D eigenvalue weighted by Gasteiger charge is 2.31. The minimum Gasteiger partial charge on any atom is -0.493 e. The van der Waals surface area contributed by atoms with Crippen LogP contribution in [-0.2, 0) is 0 Å². The smallest absolute Gasteiger partial charge is 0.493 e. The summed E-state index contributed by atoms with van der Waals surface area (Å²) in [6.45, 7) is 0. The van der Waals surface area contributed by atoms with Gasteiger partial charge in [0.2, 0.25) is 0 Å². The second-order valence-electron chi connectivity index (χ2n) is 2.31. The SMILES string of the molecule is COc1cc(OC(F)(F)F)cnc1N. The fourth-order valence-corrected chi connectivity index (χ4v) is 0.790. The predicted octanol–water partition coefficient (Wildman–Crippen LogP) is 1.57. The third-order valence-electron chi connectivity index (χ3n) is 1.31. The van der Waals surface area contributed by atoms with E-state index in [1.54, 1.807) is 0 Å². The van der Waals surface area contributed by atoms with Crippen molar-refractivity contribution in [2.24, 2.45) is 0 Å². The van der Waals surface area contributed by atoms with E-state index >= 15 is 0 Å². The van der Waals surface area contributed by atoms with E-state index in [9.17, 15) is 13.2 Å². The normalized spacial score (nSPS) is 11.1. The summed E-state index contributed by atoms with van der Waals surface area (Å²) in [7, 11) is 1.27. The molecular formula is C7H7F3N2O2. The van der Waals surface area contributed by atoms with Crippen molar-refractivity contribution < 1.29 is 22.6 Å². The molecule has 0 atom stereocenters. The third-order valence-corrected chi connectivity index (χ3v) is 1.31. The summed E-state index contributed by atoms with van der Waals surface area (Å²) in [4.78, 5) is 3.46. The fourth-order valence-electron chi connectivity index (χ4n) is 0.790. The Morgan fingerprint density at radius 1 is 1.43 bits per heavy atom. The Morgan fingerprint density at radius 3 is 2.57 bits per heavy atom. The van der Waals surface area contributed by atoms with E-state index in [2.05, 4.69) is 14.5 Å². The van der Waals surface area contributed by atoms with Gasteiger partial charge >= 0.3 is 6.36 Å². The van der Waals surface area contributed by atoms with Gasteiger partial charge in [0, 0.05) is 6.07 Å². The molecule has 2 N–H and O–H groups in total. The first-order valence-corrected chi connectivity index (χ1v) is 3.47. The molecule has 1 heterocycles. The molecule has 0 aliphatic heterocycles. The Bertz CT molecular complexity index is 327. The molecule has 4 nitrogen and oxygen atoms in total. The third kappa shape index (κ3) is 2.68. The lowest BCUT2D eigenvalue weighted by Gasteiger charge is -2.10. The molecule has 0 aliphatic rings. The van der Waals surface area contributed by atoms with Crippen LogP contribution in [0.15, 0.2) is 12.3 Å². The predicted molar refractivity (Wildman–Crippen MR) is 41.9 cm³/mol. The highest BCUT2D eigenvalue weighted by Crippen LogP contribution is 2.27. The monoisotopic (exact) mass is 208 g/mol. The van der Waals surface area contributed by atoms with Gasteiger partial charge in [-0.3, -0.25) is 0 Å². The van der Waals surface area contributed by atoms with Gasteiger partial charge in [-0.2, -0.15) is 0 Å². The highest BCUT2D eigenvalue weighted by molar-refractivity contribution is 5.48. The van der Waals surface area contributed by atoms with Gasteiger partial charge in [0.05, 0.1) is 13.3 Å². The molecule has 0 spiro atoms. The number of nitrogens with two attached hydrogens (primary N) is 1. The molecule has 1 aromatic rings. The van der Waals surface area contributed by atoms with Crippen molar-refractivity contribution in [1.29, 1.82) is 0 Å². The lowest BCUT2D eigenvalue weighted by molar-refractivity contribution is -0.274. The molecule has 0 saturated carbocycles. The van der Waals surface area contributed by atoms with Gasteiger partial charge < -0.3 is 15.2 Å². The lowest BCUT2D eigenvalue weighted by Crippen LogP contribution is -2.17. The largest absolute Gasteiger partial charge is 0.573 e. The van der Waals surface area contributed by atoms with E-state index in [0.29, 0.717) is 0 Å². The van der Waals surface area contributed by atoms with Crippen molar-refractivity contribution >= 4 is 5.82 Å². The van der Waals surface area contributed by atoms with E-state index in [1.165, 1.54) is 7.11 Å². The van der Waals surface area contributed by atoms with Crippen LogP contribution in [0.5, 0.6) is 11.5 Å². The van der Waals surface area contributed by atoms with Gasteiger partial charge in [0.15, 0.2) is 17.3 Å². The quantitative estimate of drug-likeness (QED) is 0.801.